The molecule has 0 aromatic heterocycles. The van der Waals surface area contributed by atoms with Crippen molar-refractivity contribution in [1.29, 1.82) is 5.26 Å². The largest absolute Gasteiger partial charge is 0.309 e. The lowest BCUT2D eigenvalue weighted by molar-refractivity contribution is 0.167. The molecule has 1 aromatic carbocycles. The Morgan fingerprint density at radius 2 is 2.22 bits per heavy atom. The summed E-state index contributed by atoms with van der Waals surface area (Å²) in [4.78, 5) is 0. The third-order valence-electron chi connectivity index (χ3n) is 4.12. The van der Waals surface area contributed by atoms with E-state index in [2.05, 4.69) is 31.3 Å². The van der Waals surface area contributed by atoms with Crippen LogP contribution in [0.25, 0.3) is 0 Å². The van der Waals surface area contributed by atoms with Gasteiger partial charge in [0.15, 0.2) is 0 Å². The number of benzene rings is 1. The zero-order chi connectivity index (χ0) is 13.0. The van der Waals surface area contributed by atoms with Gasteiger partial charge in [0.1, 0.15) is 0 Å². The average molecular weight is 242 g/mol. The van der Waals surface area contributed by atoms with E-state index in [0.717, 1.165) is 12.1 Å². The highest BCUT2D eigenvalue weighted by molar-refractivity contribution is 5.32. The topological polar surface area (TPSA) is 35.8 Å². The van der Waals surface area contributed by atoms with Gasteiger partial charge in [-0.3, -0.25) is 0 Å². The third kappa shape index (κ3) is 3.11. The summed E-state index contributed by atoms with van der Waals surface area (Å²) in [6, 6.07) is 10.7. The molecule has 0 spiro atoms. The number of hydrogen-bond acceptors (Lipinski definition) is 2. The van der Waals surface area contributed by atoms with Gasteiger partial charge in [-0.15, -0.1) is 0 Å². The predicted molar refractivity (Wildman–Crippen MR) is 74.0 cm³/mol. The lowest BCUT2D eigenvalue weighted by atomic mass is 9.73. The number of nitrogens with one attached hydrogen (secondary N) is 1. The first-order valence-electron chi connectivity index (χ1n) is 6.84. The van der Waals surface area contributed by atoms with Crippen LogP contribution in [0.4, 0.5) is 0 Å². The van der Waals surface area contributed by atoms with Gasteiger partial charge in [-0.2, -0.15) is 5.26 Å². The normalized spacial score (nSPS) is 22.4. The molecule has 0 radical (unpaired) electrons. The van der Waals surface area contributed by atoms with Crippen LogP contribution >= 0.6 is 0 Å². The Hall–Kier alpha value is -1.33. The molecule has 1 aliphatic carbocycles. The molecule has 1 unspecified atom stereocenters. The molecule has 96 valence electrons. The smallest absolute Gasteiger partial charge is 0.0991 e. The SMILES string of the molecule is CC1(C)CCCCC1NCc1cccc(C#N)c1. The first-order chi connectivity index (χ1) is 8.62. The van der Waals surface area contributed by atoms with E-state index in [9.17, 15) is 0 Å². The average Bonchev–Trinajstić information content (AvgIpc) is 2.37. The van der Waals surface area contributed by atoms with Gasteiger partial charge in [0.25, 0.3) is 0 Å². The Kier molecular flexibility index (Phi) is 4.04. The van der Waals surface area contributed by atoms with Crippen LogP contribution in [0.15, 0.2) is 24.3 Å². The van der Waals surface area contributed by atoms with Gasteiger partial charge in [0.05, 0.1) is 11.6 Å². The van der Waals surface area contributed by atoms with Crippen LogP contribution in [0.5, 0.6) is 0 Å². The monoisotopic (exact) mass is 242 g/mol. The molecule has 2 nitrogen and oxygen atoms in total. The van der Waals surface area contributed by atoms with Gasteiger partial charge in [0.2, 0.25) is 0 Å². The quantitative estimate of drug-likeness (QED) is 0.878. The molecule has 18 heavy (non-hydrogen) atoms. The summed E-state index contributed by atoms with van der Waals surface area (Å²) >= 11 is 0. The number of nitrogens with zero attached hydrogens (tertiary/aromatic N) is 1. The second-order valence-electron chi connectivity index (χ2n) is 5.98. The maximum absolute atomic E-state index is 8.89. The number of rotatable bonds is 3. The highest BCUT2D eigenvalue weighted by Crippen LogP contribution is 2.35. The Morgan fingerprint density at radius 3 is 2.94 bits per heavy atom. The highest BCUT2D eigenvalue weighted by atomic mass is 14.9. The lowest BCUT2D eigenvalue weighted by Crippen LogP contribution is -2.43. The summed E-state index contributed by atoms with van der Waals surface area (Å²) in [5.41, 5.74) is 2.35. The van der Waals surface area contributed by atoms with E-state index in [0.29, 0.717) is 11.5 Å². The number of hydrogen-bond donors (Lipinski definition) is 1. The van der Waals surface area contributed by atoms with Crippen LogP contribution in [0.2, 0.25) is 0 Å². The third-order valence-corrected chi connectivity index (χ3v) is 4.12. The van der Waals surface area contributed by atoms with E-state index < -0.39 is 0 Å². The molecular formula is C16H22N2. The minimum Gasteiger partial charge on any atom is -0.309 e. The van der Waals surface area contributed by atoms with Crippen LogP contribution in [0.3, 0.4) is 0 Å². The standard InChI is InChI=1S/C16H22N2/c1-16(2)9-4-3-8-15(16)18-12-14-7-5-6-13(10-14)11-17/h5-7,10,15,18H,3-4,8-9,12H2,1-2H3. The fraction of sp³-hybridized carbons (Fsp3) is 0.562. The summed E-state index contributed by atoms with van der Waals surface area (Å²) in [6.07, 6.45) is 5.27. The Balaban J connectivity index is 1.96. The predicted octanol–water partition coefficient (Wildman–Crippen LogP) is 3.62. The van der Waals surface area contributed by atoms with Gasteiger partial charge < -0.3 is 5.32 Å². The Bertz CT molecular complexity index is 443. The van der Waals surface area contributed by atoms with Gasteiger partial charge in [-0.1, -0.05) is 38.8 Å². The minimum absolute atomic E-state index is 0.394. The molecule has 2 rings (SSSR count). The first kappa shape index (κ1) is 13.1. The molecule has 1 saturated carbocycles. The second-order valence-corrected chi connectivity index (χ2v) is 5.98. The first-order valence-corrected chi connectivity index (χ1v) is 6.84. The Labute approximate surface area is 110 Å². The van der Waals surface area contributed by atoms with Gasteiger partial charge in [-0.05, 0) is 36.0 Å². The molecule has 1 aliphatic rings. The van der Waals surface area contributed by atoms with Crippen molar-refractivity contribution in [3.8, 4) is 6.07 Å². The summed E-state index contributed by atoms with van der Waals surface area (Å²) < 4.78 is 0. The molecule has 0 bridgehead atoms. The second kappa shape index (κ2) is 5.54. The molecule has 2 heteroatoms. The summed E-state index contributed by atoms with van der Waals surface area (Å²) in [5.74, 6) is 0. The van der Waals surface area contributed by atoms with Gasteiger partial charge >= 0.3 is 0 Å². The molecule has 1 atom stereocenters. The maximum atomic E-state index is 8.89. The molecule has 0 amide bonds. The van der Waals surface area contributed by atoms with E-state index in [-0.39, 0.29) is 0 Å². The van der Waals surface area contributed by atoms with E-state index >= 15 is 0 Å². The summed E-state index contributed by atoms with van der Waals surface area (Å²) in [5, 5.41) is 12.6. The van der Waals surface area contributed by atoms with Crippen LogP contribution in [0, 0.1) is 16.7 Å². The van der Waals surface area contributed by atoms with Crippen LogP contribution in [-0.4, -0.2) is 6.04 Å². The van der Waals surface area contributed by atoms with Crippen LogP contribution in [0.1, 0.15) is 50.7 Å². The lowest BCUT2D eigenvalue weighted by Gasteiger charge is -2.39. The summed E-state index contributed by atoms with van der Waals surface area (Å²) in [7, 11) is 0. The van der Waals surface area contributed by atoms with Crippen molar-refractivity contribution in [3.05, 3.63) is 35.4 Å². The van der Waals surface area contributed by atoms with Crippen molar-refractivity contribution in [2.75, 3.05) is 0 Å². The number of nitriles is 1. The maximum Gasteiger partial charge on any atom is 0.0991 e. The zero-order valence-electron chi connectivity index (χ0n) is 11.4. The van der Waals surface area contributed by atoms with Crippen LogP contribution < -0.4 is 5.32 Å². The van der Waals surface area contributed by atoms with E-state index in [4.69, 9.17) is 5.26 Å². The molecular weight excluding hydrogens is 220 g/mol. The zero-order valence-corrected chi connectivity index (χ0v) is 11.4. The van der Waals surface area contributed by atoms with Crippen molar-refractivity contribution in [3.63, 3.8) is 0 Å². The van der Waals surface area contributed by atoms with Crippen molar-refractivity contribution in [1.82, 2.24) is 5.32 Å². The summed E-state index contributed by atoms with van der Waals surface area (Å²) in [6.45, 7) is 5.58. The highest BCUT2D eigenvalue weighted by Gasteiger charge is 2.31. The molecule has 1 fully saturated rings. The van der Waals surface area contributed by atoms with Crippen LogP contribution in [-0.2, 0) is 6.54 Å². The van der Waals surface area contributed by atoms with Gasteiger partial charge in [0, 0.05) is 12.6 Å². The van der Waals surface area contributed by atoms with Crippen molar-refractivity contribution < 1.29 is 0 Å². The molecule has 0 heterocycles. The van der Waals surface area contributed by atoms with Crippen molar-refractivity contribution in [2.45, 2.75) is 52.1 Å². The van der Waals surface area contributed by atoms with Crippen molar-refractivity contribution >= 4 is 0 Å². The molecule has 0 aliphatic heterocycles. The fourth-order valence-electron chi connectivity index (χ4n) is 2.86. The molecule has 1 aromatic rings. The fourth-order valence-corrected chi connectivity index (χ4v) is 2.86. The van der Waals surface area contributed by atoms with E-state index in [1.165, 1.54) is 31.2 Å². The van der Waals surface area contributed by atoms with Crippen molar-refractivity contribution in [2.24, 2.45) is 5.41 Å². The van der Waals surface area contributed by atoms with E-state index in [1.54, 1.807) is 0 Å². The molecule has 0 saturated heterocycles. The minimum atomic E-state index is 0.394. The van der Waals surface area contributed by atoms with Gasteiger partial charge in [-0.25, -0.2) is 0 Å². The van der Waals surface area contributed by atoms with E-state index in [1.807, 2.05) is 18.2 Å². The Morgan fingerprint density at radius 1 is 1.39 bits per heavy atom. The molecule has 1 N–H and O–H groups in total.